The summed E-state index contributed by atoms with van der Waals surface area (Å²) in [5.41, 5.74) is 5.63. The van der Waals surface area contributed by atoms with Crippen LogP contribution in [0.1, 0.15) is 26.7 Å². The number of amides is 1. The summed E-state index contributed by atoms with van der Waals surface area (Å²) >= 11 is 0. The molecule has 0 aromatic carbocycles. The van der Waals surface area contributed by atoms with Crippen LogP contribution in [0.25, 0.3) is 0 Å². The molecule has 2 atom stereocenters. The molecule has 1 aliphatic rings. The number of hydrogen-bond donors (Lipinski definition) is 1. The van der Waals surface area contributed by atoms with Crippen LogP contribution in [0.15, 0.2) is 0 Å². The van der Waals surface area contributed by atoms with Gasteiger partial charge in [0.25, 0.3) is 0 Å². The van der Waals surface area contributed by atoms with Crippen LogP contribution in [0, 0.1) is 5.92 Å². The minimum absolute atomic E-state index is 0.0337. The number of nitrogens with two attached hydrogens (primary N) is 1. The van der Waals surface area contributed by atoms with Crippen molar-refractivity contribution in [2.24, 2.45) is 11.7 Å². The van der Waals surface area contributed by atoms with Crippen LogP contribution in [-0.2, 0) is 9.53 Å². The third-order valence-corrected chi connectivity index (χ3v) is 3.00. The molecule has 1 rings (SSSR count). The smallest absolute Gasteiger partial charge is 0.239 e. The Morgan fingerprint density at radius 1 is 1.53 bits per heavy atom. The molecule has 0 aromatic heterocycles. The maximum absolute atomic E-state index is 11.9. The fraction of sp³-hybridized carbons (Fsp3) is 0.909. The Kier molecular flexibility index (Phi) is 4.54. The first kappa shape index (κ1) is 12.5. The van der Waals surface area contributed by atoms with E-state index in [-0.39, 0.29) is 5.91 Å². The summed E-state index contributed by atoms with van der Waals surface area (Å²) in [6.45, 7) is 5.07. The van der Waals surface area contributed by atoms with E-state index in [4.69, 9.17) is 10.5 Å². The van der Waals surface area contributed by atoms with Crippen molar-refractivity contribution in [3.63, 3.8) is 0 Å². The SMILES string of the molecule is COCCN(C(=O)C(C)N)C(C)C1CC1. The molecular weight excluding hydrogens is 192 g/mol. The van der Waals surface area contributed by atoms with Crippen LogP contribution >= 0.6 is 0 Å². The molecule has 0 heterocycles. The van der Waals surface area contributed by atoms with Crippen LogP contribution in [0.4, 0.5) is 0 Å². The van der Waals surface area contributed by atoms with Gasteiger partial charge >= 0.3 is 0 Å². The lowest BCUT2D eigenvalue weighted by molar-refractivity contribution is -0.135. The lowest BCUT2D eigenvalue weighted by Crippen LogP contribution is -2.48. The zero-order valence-corrected chi connectivity index (χ0v) is 9.90. The zero-order chi connectivity index (χ0) is 11.4. The lowest BCUT2D eigenvalue weighted by atomic mass is 10.1. The van der Waals surface area contributed by atoms with E-state index in [1.54, 1.807) is 14.0 Å². The van der Waals surface area contributed by atoms with Gasteiger partial charge in [0, 0.05) is 19.7 Å². The third-order valence-electron chi connectivity index (χ3n) is 3.00. The molecule has 0 spiro atoms. The molecule has 2 N–H and O–H groups in total. The first-order valence-electron chi connectivity index (χ1n) is 5.63. The van der Waals surface area contributed by atoms with E-state index >= 15 is 0 Å². The van der Waals surface area contributed by atoms with Gasteiger partial charge in [-0.15, -0.1) is 0 Å². The second-order valence-electron chi connectivity index (χ2n) is 4.39. The minimum atomic E-state index is -0.414. The predicted octanol–water partition coefficient (Wildman–Crippen LogP) is 0.607. The van der Waals surface area contributed by atoms with Crippen LogP contribution in [0.2, 0.25) is 0 Å². The van der Waals surface area contributed by atoms with E-state index in [0.29, 0.717) is 25.1 Å². The quantitative estimate of drug-likeness (QED) is 0.704. The summed E-state index contributed by atoms with van der Waals surface area (Å²) in [7, 11) is 1.65. The van der Waals surface area contributed by atoms with Gasteiger partial charge in [0.2, 0.25) is 5.91 Å². The lowest BCUT2D eigenvalue weighted by Gasteiger charge is -2.30. The Bertz CT molecular complexity index is 215. The standard InChI is InChI=1S/C11H22N2O2/c1-8(12)11(14)13(6-7-15-3)9(2)10-4-5-10/h8-10H,4-7,12H2,1-3H3. The van der Waals surface area contributed by atoms with Gasteiger partial charge in [-0.05, 0) is 32.6 Å². The molecule has 4 heteroatoms. The van der Waals surface area contributed by atoms with Gasteiger partial charge in [0.1, 0.15) is 0 Å². The number of hydrogen-bond acceptors (Lipinski definition) is 3. The first-order valence-corrected chi connectivity index (χ1v) is 5.63. The largest absolute Gasteiger partial charge is 0.383 e. The van der Waals surface area contributed by atoms with Crippen LogP contribution < -0.4 is 5.73 Å². The number of carbonyl (C=O) groups excluding carboxylic acids is 1. The molecule has 0 aliphatic heterocycles. The average Bonchev–Trinajstić information content (AvgIpc) is 3.00. The van der Waals surface area contributed by atoms with Gasteiger partial charge in [-0.25, -0.2) is 0 Å². The van der Waals surface area contributed by atoms with Gasteiger partial charge in [-0.3, -0.25) is 4.79 Å². The highest BCUT2D eigenvalue weighted by molar-refractivity contribution is 5.81. The first-order chi connectivity index (χ1) is 7.07. The zero-order valence-electron chi connectivity index (χ0n) is 9.90. The van der Waals surface area contributed by atoms with Gasteiger partial charge < -0.3 is 15.4 Å². The van der Waals surface area contributed by atoms with Gasteiger partial charge in [-0.2, -0.15) is 0 Å². The highest BCUT2D eigenvalue weighted by atomic mass is 16.5. The van der Waals surface area contributed by atoms with Crippen molar-refractivity contribution < 1.29 is 9.53 Å². The summed E-state index contributed by atoms with van der Waals surface area (Å²) in [6.07, 6.45) is 2.47. The summed E-state index contributed by atoms with van der Waals surface area (Å²) in [6, 6.07) is -0.110. The van der Waals surface area contributed by atoms with E-state index in [1.807, 2.05) is 4.90 Å². The van der Waals surface area contributed by atoms with Gasteiger partial charge in [-0.1, -0.05) is 0 Å². The highest BCUT2D eigenvalue weighted by Gasteiger charge is 2.34. The van der Waals surface area contributed by atoms with Crippen LogP contribution in [-0.4, -0.2) is 43.2 Å². The molecule has 1 fully saturated rings. The summed E-state index contributed by atoms with van der Waals surface area (Å²) in [4.78, 5) is 13.7. The summed E-state index contributed by atoms with van der Waals surface area (Å²) < 4.78 is 5.02. The number of methoxy groups -OCH3 is 1. The molecule has 1 aliphatic carbocycles. The fourth-order valence-electron chi connectivity index (χ4n) is 1.80. The summed E-state index contributed by atoms with van der Waals surface area (Å²) in [5, 5.41) is 0. The number of nitrogens with zero attached hydrogens (tertiary/aromatic N) is 1. The minimum Gasteiger partial charge on any atom is -0.383 e. The summed E-state index contributed by atoms with van der Waals surface area (Å²) in [5.74, 6) is 0.705. The van der Waals surface area contributed by atoms with Crippen LogP contribution in [0.5, 0.6) is 0 Å². The van der Waals surface area contributed by atoms with Gasteiger partial charge in [0.05, 0.1) is 12.6 Å². The Hall–Kier alpha value is -0.610. The second-order valence-corrected chi connectivity index (χ2v) is 4.39. The van der Waals surface area contributed by atoms with Crippen molar-refractivity contribution in [1.29, 1.82) is 0 Å². The molecule has 1 saturated carbocycles. The topological polar surface area (TPSA) is 55.6 Å². The van der Waals surface area contributed by atoms with Crippen molar-refractivity contribution in [3.05, 3.63) is 0 Å². The molecule has 4 nitrogen and oxygen atoms in total. The number of carbonyl (C=O) groups is 1. The van der Waals surface area contributed by atoms with Crippen molar-refractivity contribution in [2.75, 3.05) is 20.3 Å². The third kappa shape index (κ3) is 3.47. The van der Waals surface area contributed by atoms with Crippen molar-refractivity contribution in [3.8, 4) is 0 Å². The molecule has 0 radical (unpaired) electrons. The van der Waals surface area contributed by atoms with E-state index in [0.717, 1.165) is 0 Å². The van der Waals surface area contributed by atoms with E-state index in [9.17, 15) is 4.79 Å². The van der Waals surface area contributed by atoms with E-state index in [2.05, 4.69) is 6.92 Å². The highest BCUT2D eigenvalue weighted by Crippen LogP contribution is 2.35. The molecule has 1 amide bonds. The molecule has 0 aromatic rings. The number of ether oxygens (including phenoxy) is 1. The maximum atomic E-state index is 11.9. The molecule has 15 heavy (non-hydrogen) atoms. The van der Waals surface area contributed by atoms with E-state index < -0.39 is 6.04 Å². The normalized spacial score (nSPS) is 19.7. The Morgan fingerprint density at radius 3 is 2.53 bits per heavy atom. The average molecular weight is 214 g/mol. The predicted molar refractivity (Wildman–Crippen MR) is 59.4 cm³/mol. The van der Waals surface area contributed by atoms with E-state index in [1.165, 1.54) is 12.8 Å². The van der Waals surface area contributed by atoms with Crippen molar-refractivity contribution >= 4 is 5.91 Å². The molecule has 2 unspecified atom stereocenters. The number of rotatable bonds is 6. The molecule has 0 bridgehead atoms. The Balaban J connectivity index is 2.54. The second kappa shape index (κ2) is 5.47. The monoisotopic (exact) mass is 214 g/mol. The maximum Gasteiger partial charge on any atom is 0.239 e. The molecule has 88 valence electrons. The van der Waals surface area contributed by atoms with Crippen molar-refractivity contribution in [1.82, 2.24) is 4.90 Å². The Labute approximate surface area is 91.8 Å². The molecule has 0 saturated heterocycles. The van der Waals surface area contributed by atoms with Gasteiger partial charge in [0.15, 0.2) is 0 Å². The Morgan fingerprint density at radius 2 is 2.13 bits per heavy atom. The fourth-order valence-corrected chi connectivity index (χ4v) is 1.80. The van der Waals surface area contributed by atoms with Crippen LogP contribution in [0.3, 0.4) is 0 Å². The molecular formula is C11H22N2O2. The van der Waals surface area contributed by atoms with Crippen molar-refractivity contribution in [2.45, 2.75) is 38.8 Å².